The van der Waals surface area contributed by atoms with Crippen molar-refractivity contribution >= 4 is 77.7 Å². The van der Waals surface area contributed by atoms with Crippen LogP contribution in [0.3, 0.4) is 0 Å². The Kier molecular flexibility index (Phi) is 8.08. The summed E-state index contributed by atoms with van der Waals surface area (Å²) in [6.07, 6.45) is 2.41. The van der Waals surface area contributed by atoms with Gasteiger partial charge in [0, 0.05) is 39.9 Å². The lowest BCUT2D eigenvalue weighted by molar-refractivity contribution is -0.699. The molecule has 0 atom stereocenters. The number of rotatable bonds is 9. The highest BCUT2D eigenvalue weighted by Gasteiger charge is 2.27. The van der Waals surface area contributed by atoms with Gasteiger partial charge in [0.25, 0.3) is 5.01 Å². The first-order chi connectivity index (χ1) is 14.4. The molecule has 0 radical (unpaired) electrons. The van der Waals surface area contributed by atoms with E-state index in [2.05, 4.69) is 22.6 Å². The van der Waals surface area contributed by atoms with Gasteiger partial charge in [-0.25, -0.2) is 16.8 Å². The van der Waals surface area contributed by atoms with Gasteiger partial charge in [-0.15, -0.1) is 0 Å². The van der Waals surface area contributed by atoms with Crippen LogP contribution in [0.2, 0.25) is 0 Å². The highest BCUT2D eigenvalue weighted by Crippen LogP contribution is 2.47. The largest absolute Gasteiger partial charge is 0.748 e. The van der Waals surface area contributed by atoms with Crippen LogP contribution in [0.4, 0.5) is 5.69 Å². The van der Waals surface area contributed by atoms with E-state index in [1.807, 2.05) is 46.0 Å². The SMILES string of the molecule is Cc1csc(/C=C2\Sc3ccc(I)cc3N2CCCS(=O)(=O)[O-])[n+]1CCCS(=O)(=O)[O-]. The molecule has 0 bridgehead atoms. The second-order valence-electron chi connectivity index (χ2n) is 6.95. The molecule has 0 amide bonds. The molecule has 0 spiro atoms. The van der Waals surface area contributed by atoms with E-state index in [0.29, 0.717) is 13.1 Å². The summed E-state index contributed by atoms with van der Waals surface area (Å²) >= 11 is 5.28. The third kappa shape index (κ3) is 7.14. The van der Waals surface area contributed by atoms with Gasteiger partial charge in [-0.05, 0) is 47.2 Å². The van der Waals surface area contributed by atoms with Crippen molar-refractivity contribution in [3.63, 3.8) is 0 Å². The molecule has 3 rings (SSSR count). The lowest BCUT2D eigenvalue weighted by atomic mass is 10.3. The summed E-state index contributed by atoms with van der Waals surface area (Å²) in [5, 5.41) is 3.75. The zero-order chi connectivity index (χ0) is 22.8. The van der Waals surface area contributed by atoms with E-state index >= 15 is 0 Å². The van der Waals surface area contributed by atoms with Crippen LogP contribution in [0.5, 0.6) is 0 Å². The maximum atomic E-state index is 11.0. The van der Waals surface area contributed by atoms with Crippen LogP contribution < -0.4 is 9.47 Å². The second kappa shape index (κ2) is 10.1. The van der Waals surface area contributed by atoms with Gasteiger partial charge in [-0.2, -0.15) is 4.57 Å². The molecule has 1 aliphatic heterocycles. The highest BCUT2D eigenvalue weighted by molar-refractivity contribution is 14.1. The Balaban J connectivity index is 1.87. The van der Waals surface area contributed by atoms with Crippen molar-refractivity contribution in [2.24, 2.45) is 0 Å². The van der Waals surface area contributed by atoms with Gasteiger partial charge in [0.2, 0.25) is 0 Å². The highest BCUT2D eigenvalue weighted by atomic mass is 127. The normalized spacial score (nSPS) is 15.6. The molecule has 2 heterocycles. The van der Waals surface area contributed by atoms with Crippen molar-refractivity contribution in [2.45, 2.75) is 31.2 Å². The zero-order valence-electron chi connectivity index (χ0n) is 16.5. The molecule has 13 heteroatoms. The summed E-state index contributed by atoms with van der Waals surface area (Å²) < 4.78 is 68.9. The predicted octanol–water partition coefficient (Wildman–Crippen LogP) is 2.73. The van der Waals surface area contributed by atoms with Crippen LogP contribution >= 0.6 is 45.7 Å². The summed E-state index contributed by atoms with van der Waals surface area (Å²) in [5.74, 6) is -0.845. The zero-order valence-corrected chi connectivity index (χ0v) is 21.9. The van der Waals surface area contributed by atoms with E-state index in [9.17, 15) is 25.9 Å². The number of thioether (sulfide) groups is 1. The van der Waals surface area contributed by atoms with Gasteiger partial charge in [-0.3, -0.25) is 0 Å². The van der Waals surface area contributed by atoms with Crippen molar-refractivity contribution in [2.75, 3.05) is 23.0 Å². The molecule has 0 aliphatic carbocycles. The fraction of sp³-hybridized carbons (Fsp3) is 0.389. The number of nitrogens with zero attached hydrogens (tertiary/aromatic N) is 2. The third-order valence-corrected chi connectivity index (χ3v) is 8.93. The number of anilines is 1. The Morgan fingerprint density at radius 2 is 1.81 bits per heavy atom. The van der Waals surface area contributed by atoms with Crippen molar-refractivity contribution in [3.8, 4) is 0 Å². The standard InChI is InChI=1S/C18H21IN2O6S4/c1-13-12-28-17(20(13)6-2-8-30(22,23)24)11-18-21(7-3-9-31(25,26)27)15-10-14(19)4-5-16(15)29-18/h4-5,10-12H,2-3,6-9H2,1H3,(H-,22,23,24,25,26,27)/p-1. The summed E-state index contributed by atoms with van der Waals surface area (Å²) in [6.45, 7) is 2.70. The van der Waals surface area contributed by atoms with E-state index in [1.165, 1.54) is 11.3 Å². The van der Waals surface area contributed by atoms with Gasteiger partial charge < -0.3 is 14.0 Å². The Morgan fingerprint density at radius 3 is 2.48 bits per heavy atom. The fourth-order valence-electron chi connectivity index (χ4n) is 3.16. The molecule has 170 valence electrons. The summed E-state index contributed by atoms with van der Waals surface area (Å²) in [5.41, 5.74) is 1.92. The topological polar surface area (TPSA) is 122 Å². The van der Waals surface area contributed by atoms with Crippen molar-refractivity contribution in [1.29, 1.82) is 0 Å². The minimum Gasteiger partial charge on any atom is -0.748 e. The first-order valence-electron chi connectivity index (χ1n) is 9.25. The Labute approximate surface area is 204 Å². The minimum absolute atomic E-state index is 0.208. The molecule has 1 aliphatic rings. The number of aromatic nitrogens is 1. The van der Waals surface area contributed by atoms with Gasteiger partial charge in [0.1, 0.15) is 0 Å². The number of hydrogen-bond acceptors (Lipinski definition) is 9. The van der Waals surface area contributed by atoms with Gasteiger partial charge >= 0.3 is 0 Å². The number of aryl methyl sites for hydroxylation is 1. The number of fused-ring (bicyclic) bond motifs is 1. The Morgan fingerprint density at radius 1 is 1.13 bits per heavy atom. The quantitative estimate of drug-likeness (QED) is 0.240. The molecule has 0 saturated carbocycles. The maximum Gasteiger partial charge on any atom is 0.264 e. The molecule has 0 saturated heterocycles. The first kappa shape index (κ1) is 24.9. The lowest BCUT2D eigenvalue weighted by Crippen LogP contribution is -2.38. The van der Waals surface area contributed by atoms with Crippen molar-refractivity contribution in [1.82, 2.24) is 0 Å². The smallest absolute Gasteiger partial charge is 0.264 e. The Bertz CT molecular complexity index is 1210. The molecule has 1 aromatic heterocycles. The van der Waals surface area contributed by atoms with Crippen LogP contribution in [0.25, 0.3) is 6.08 Å². The van der Waals surface area contributed by atoms with Crippen LogP contribution in [-0.4, -0.2) is 44.0 Å². The summed E-state index contributed by atoms with van der Waals surface area (Å²) in [6, 6.07) is 6.02. The lowest BCUT2D eigenvalue weighted by Gasteiger charge is -2.20. The van der Waals surface area contributed by atoms with Crippen LogP contribution in [-0.2, 0) is 26.8 Å². The number of benzene rings is 1. The summed E-state index contributed by atoms with van der Waals surface area (Å²) in [7, 11) is -8.54. The molecule has 1 aromatic carbocycles. The van der Waals surface area contributed by atoms with Gasteiger partial charge in [0.15, 0.2) is 12.2 Å². The second-order valence-corrected chi connectivity index (χ2v) is 13.2. The predicted molar refractivity (Wildman–Crippen MR) is 128 cm³/mol. The molecular weight excluding hydrogens is 595 g/mol. The summed E-state index contributed by atoms with van der Waals surface area (Å²) in [4.78, 5) is 3.04. The van der Waals surface area contributed by atoms with Crippen LogP contribution in [0.1, 0.15) is 23.5 Å². The molecule has 0 fully saturated rings. The molecule has 31 heavy (non-hydrogen) atoms. The molecule has 0 unspecified atom stereocenters. The monoisotopic (exact) mass is 615 g/mol. The maximum absolute atomic E-state index is 11.0. The molecule has 2 aromatic rings. The van der Waals surface area contributed by atoms with E-state index in [-0.39, 0.29) is 12.8 Å². The molecule has 8 nitrogen and oxygen atoms in total. The van der Waals surface area contributed by atoms with Gasteiger partial charge in [-0.1, -0.05) is 23.1 Å². The van der Waals surface area contributed by atoms with E-state index < -0.39 is 31.7 Å². The molecule has 0 N–H and O–H groups in total. The first-order valence-corrected chi connectivity index (χ1v) is 15.2. The minimum atomic E-state index is -4.28. The van der Waals surface area contributed by atoms with E-state index in [0.717, 1.165) is 29.9 Å². The van der Waals surface area contributed by atoms with E-state index in [1.54, 1.807) is 11.8 Å². The fourth-order valence-corrected chi connectivity index (χ4v) is 6.74. The van der Waals surface area contributed by atoms with Crippen molar-refractivity contribution in [3.05, 3.63) is 42.9 Å². The third-order valence-electron chi connectivity index (χ3n) is 4.53. The van der Waals surface area contributed by atoms with Crippen LogP contribution in [0, 0.1) is 10.5 Å². The number of hydrogen-bond donors (Lipinski definition) is 0. The van der Waals surface area contributed by atoms with Gasteiger partial charge in [0.05, 0.1) is 42.4 Å². The number of thiazole rings is 1. The average molecular weight is 616 g/mol. The van der Waals surface area contributed by atoms with Crippen molar-refractivity contribution < 1.29 is 30.5 Å². The van der Waals surface area contributed by atoms with E-state index in [4.69, 9.17) is 0 Å². The molecular formula is C18H20IN2O6S4-. The Hall–Kier alpha value is -0.710. The average Bonchev–Trinajstić information content (AvgIpc) is 3.14. The number of halogens is 1. The van der Waals surface area contributed by atoms with Crippen LogP contribution in [0.15, 0.2) is 33.5 Å².